The molecule has 3 rings (SSSR count). The maximum atomic E-state index is 12.5. The van der Waals surface area contributed by atoms with Gasteiger partial charge in [0, 0.05) is 21.8 Å². The van der Waals surface area contributed by atoms with E-state index in [1.54, 1.807) is 11.3 Å². The molecule has 0 aliphatic carbocycles. The number of nitrogens with zero attached hydrogens (tertiary/aromatic N) is 1. The zero-order valence-electron chi connectivity index (χ0n) is 13.1. The predicted molar refractivity (Wildman–Crippen MR) is 100 cm³/mol. The highest BCUT2D eigenvalue weighted by molar-refractivity contribution is 9.10. The van der Waals surface area contributed by atoms with Crippen molar-refractivity contribution in [1.29, 1.82) is 0 Å². The molecule has 3 aromatic rings. The van der Waals surface area contributed by atoms with E-state index in [9.17, 15) is 18.0 Å². The number of aromatic nitrogens is 1. The Morgan fingerprint density at radius 2 is 1.88 bits per heavy atom. The quantitative estimate of drug-likeness (QED) is 0.545. The second-order valence-electron chi connectivity index (χ2n) is 5.42. The average Bonchev–Trinajstić information content (AvgIpc) is 3.21. The van der Waals surface area contributed by atoms with Gasteiger partial charge in [0.2, 0.25) is 5.91 Å². The molecule has 0 aliphatic heterocycles. The Hall–Kier alpha value is -1.71. The minimum absolute atomic E-state index is 0.129. The van der Waals surface area contributed by atoms with Gasteiger partial charge < -0.3 is 5.32 Å². The molecular formula is C17H12BrF3N2OS2. The number of hydrogen-bond donors (Lipinski definition) is 1. The van der Waals surface area contributed by atoms with E-state index in [2.05, 4.69) is 26.2 Å². The number of rotatable bonds is 5. The summed E-state index contributed by atoms with van der Waals surface area (Å²) in [6.07, 6.45) is -4.23. The van der Waals surface area contributed by atoms with Crippen LogP contribution in [0.15, 0.2) is 45.6 Å². The van der Waals surface area contributed by atoms with Gasteiger partial charge in [0.05, 0.1) is 22.6 Å². The van der Waals surface area contributed by atoms with E-state index < -0.39 is 11.7 Å². The van der Waals surface area contributed by atoms with E-state index in [-0.39, 0.29) is 18.9 Å². The fourth-order valence-corrected chi connectivity index (χ4v) is 4.49. The van der Waals surface area contributed by atoms with E-state index in [4.69, 9.17) is 0 Å². The number of nitrogens with one attached hydrogen (secondary N) is 1. The van der Waals surface area contributed by atoms with E-state index in [0.717, 1.165) is 26.5 Å². The lowest BCUT2D eigenvalue weighted by Crippen LogP contribution is -2.24. The molecule has 9 heteroatoms. The van der Waals surface area contributed by atoms with Gasteiger partial charge in [-0.15, -0.1) is 22.7 Å². The first-order valence-corrected chi connectivity index (χ1v) is 9.98. The van der Waals surface area contributed by atoms with Crippen LogP contribution in [0.5, 0.6) is 0 Å². The number of carbonyl (C=O) groups excluding carboxylic acids is 1. The van der Waals surface area contributed by atoms with Crippen LogP contribution in [0, 0.1) is 0 Å². The molecule has 0 radical (unpaired) electrons. The summed E-state index contributed by atoms with van der Waals surface area (Å²) >= 11 is 6.43. The Labute approximate surface area is 164 Å². The van der Waals surface area contributed by atoms with Crippen LogP contribution < -0.4 is 5.32 Å². The van der Waals surface area contributed by atoms with Crippen molar-refractivity contribution in [2.24, 2.45) is 0 Å². The first kappa shape index (κ1) is 19.1. The number of benzene rings is 1. The summed E-state index contributed by atoms with van der Waals surface area (Å²) in [5.74, 6) is -0.228. The molecule has 3 nitrogen and oxygen atoms in total. The summed E-state index contributed by atoms with van der Waals surface area (Å²) < 4.78 is 38.6. The normalized spacial score (nSPS) is 11.5. The van der Waals surface area contributed by atoms with E-state index in [1.165, 1.54) is 23.5 Å². The highest BCUT2D eigenvalue weighted by atomic mass is 79.9. The molecule has 0 aliphatic rings. The summed E-state index contributed by atoms with van der Waals surface area (Å²) in [5.41, 5.74) is 0.566. The number of halogens is 4. The van der Waals surface area contributed by atoms with Gasteiger partial charge in [-0.1, -0.05) is 12.1 Å². The van der Waals surface area contributed by atoms with Gasteiger partial charge in [-0.25, -0.2) is 4.98 Å². The Kier molecular flexibility index (Phi) is 5.79. The van der Waals surface area contributed by atoms with Crippen molar-refractivity contribution in [1.82, 2.24) is 10.3 Å². The molecule has 1 amide bonds. The molecule has 2 aromatic heterocycles. The van der Waals surface area contributed by atoms with Gasteiger partial charge in [0.25, 0.3) is 0 Å². The number of hydrogen-bond acceptors (Lipinski definition) is 4. The third-order valence-electron chi connectivity index (χ3n) is 3.44. The summed E-state index contributed by atoms with van der Waals surface area (Å²) in [4.78, 5) is 17.5. The Bertz CT molecular complexity index is 903. The van der Waals surface area contributed by atoms with Gasteiger partial charge in [0.15, 0.2) is 0 Å². The molecule has 0 bridgehead atoms. The SMILES string of the molecule is O=C(Cc1csc(-c2cc(Br)cs2)n1)NCc1ccc(C(F)(F)F)cc1. The smallest absolute Gasteiger partial charge is 0.352 e. The largest absolute Gasteiger partial charge is 0.416 e. The molecule has 1 N–H and O–H groups in total. The van der Waals surface area contributed by atoms with Gasteiger partial charge >= 0.3 is 6.18 Å². The topological polar surface area (TPSA) is 42.0 Å². The van der Waals surface area contributed by atoms with Crippen LogP contribution in [-0.4, -0.2) is 10.9 Å². The van der Waals surface area contributed by atoms with E-state index >= 15 is 0 Å². The molecule has 0 unspecified atom stereocenters. The minimum Gasteiger partial charge on any atom is -0.352 e. The second kappa shape index (κ2) is 7.89. The fraction of sp³-hybridized carbons (Fsp3) is 0.176. The molecule has 136 valence electrons. The lowest BCUT2D eigenvalue weighted by atomic mass is 10.1. The number of thiophene rings is 1. The molecule has 0 fully saturated rings. The monoisotopic (exact) mass is 460 g/mol. The van der Waals surface area contributed by atoms with Crippen molar-refractivity contribution in [3.63, 3.8) is 0 Å². The van der Waals surface area contributed by atoms with Crippen LogP contribution in [0.25, 0.3) is 9.88 Å². The second-order valence-corrected chi connectivity index (χ2v) is 8.11. The first-order chi connectivity index (χ1) is 12.3. The molecular weight excluding hydrogens is 449 g/mol. The van der Waals surface area contributed by atoms with Crippen LogP contribution >= 0.6 is 38.6 Å². The summed E-state index contributed by atoms with van der Waals surface area (Å²) in [6, 6.07) is 6.70. The van der Waals surface area contributed by atoms with Crippen molar-refractivity contribution in [2.75, 3.05) is 0 Å². The van der Waals surface area contributed by atoms with Crippen molar-refractivity contribution >= 4 is 44.5 Å². The van der Waals surface area contributed by atoms with Crippen LogP contribution in [0.3, 0.4) is 0 Å². The van der Waals surface area contributed by atoms with Crippen molar-refractivity contribution in [3.8, 4) is 9.88 Å². The summed E-state index contributed by atoms with van der Waals surface area (Å²) in [7, 11) is 0. The summed E-state index contributed by atoms with van der Waals surface area (Å²) in [6.45, 7) is 0.172. The van der Waals surface area contributed by atoms with E-state index in [0.29, 0.717) is 11.3 Å². The molecule has 0 spiro atoms. The number of alkyl halides is 3. The van der Waals surface area contributed by atoms with Crippen molar-refractivity contribution < 1.29 is 18.0 Å². The Morgan fingerprint density at radius 3 is 2.50 bits per heavy atom. The molecule has 1 aromatic carbocycles. The van der Waals surface area contributed by atoms with Crippen molar-refractivity contribution in [2.45, 2.75) is 19.1 Å². The van der Waals surface area contributed by atoms with Gasteiger partial charge in [-0.3, -0.25) is 4.79 Å². The molecule has 2 heterocycles. The third kappa shape index (κ3) is 4.93. The van der Waals surface area contributed by atoms with Gasteiger partial charge in [-0.2, -0.15) is 13.2 Å². The zero-order valence-corrected chi connectivity index (χ0v) is 16.4. The number of amides is 1. The van der Waals surface area contributed by atoms with Gasteiger partial charge in [0.1, 0.15) is 5.01 Å². The highest BCUT2D eigenvalue weighted by Crippen LogP contribution is 2.32. The highest BCUT2D eigenvalue weighted by Gasteiger charge is 2.29. The van der Waals surface area contributed by atoms with Crippen LogP contribution in [0.4, 0.5) is 13.2 Å². The average molecular weight is 461 g/mol. The lowest BCUT2D eigenvalue weighted by Gasteiger charge is -2.08. The molecule has 0 saturated carbocycles. The molecule has 26 heavy (non-hydrogen) atoms. The van der Waals surface area contributed by atoms with E-state index in [1.807, 2.05) is 16.8 Å². The standard InChI is InChI=1S/C17H12BrF3N2OS2/c18-12-5-14(25-8-12)16-23-13(9-26-16)6-15(24)22-7-10-1-3-11(4-2-10)17(19,20)21/h1-5,8-9H,6-7H2,(H,22,24). The van der Waals surface area contributed by atoms with Crippen LogP contribution in [-0.2, 0) is 23.9 Å². The first-order valence-electron chi connectivity index (χ1n) is 7.43. The third-order valence-corrected chi connectivity index (χ3v) is 6.19. The summed E-state index contributed by atoms with van der Waals surface area (Å²) in [5, 5.41) is 7.35. The maximum absolute atomic E-state index is 12.5. The molecule has 0 atom stereocenters. The Balaban J connectivity index is 1.54. The minimum atomic E-state index is -4.36. The fourth-order valence-electron chi connectivity index (χ4n) is 2.17. The predicted octanol–water partition coefficient (Wildman–Crippen LogP) is 5.51. The molecule has 0 saturated heterocycles. The lowest BCUT2D eigenvalue weighted by molar-refractivity contribution is -0.137. The van der Waals surface area contributed by atoms with Crippen LogP contribution in [0.2, 0.25) is 0 Å². The van der Waals surface area contributed by atoms with Crippen LogP contribution in [0.1, 0.15) is 16.8 Å². The van der Waals surface area contributed by atoms with Crippen molar-refractivity contribution in [3.05, 3.63) is 62.4 Å². The number of carbonyl (C=O) groups is 1. The number of thiazole rings is 1. The van der Waals surface area contributed by atoms with Gasteiger partial charge in [-0.05, 0) is 39.7 Å². The zero-order chi connectivity index (χ0) is 18.7. The maximum Gasteiger partial charge on any atom is 0.416 e. The Morgan fingerprint density at radius 1 is 1.15 bits per heavy atom.